The lowest BCUT2D eigenvalue weighted by Crippen LogP contribution is -2.11. The van der Waals surface area contributed by atoms with Gasteiger partial charge in [0.1, 0.15) is 5.75 Å². The SMILES string of the molecule is C=CC[S+]([O-])c1ccc(C(N)=O)cc1. The van der Waals surface area contributed by atoms with Crippen molar-refractivity contribution in [2.24, 2.45) is 5.73 Å². The molecule has 0 radical (unpaired) electrons. The van der Waals surface area contributed by atoms with Crippen LogP contribution in [-0.4, -0.2) is 16.2 Å². The summed E-state index contributed by atoms with van der Waals surface area (Å²) in [4.78, 5) is 11.4. The van der Waals surface area contributed by atoms with Crippen LogP contribution in [-0.2, 0) is 11.2 Å². The van der Waals surface area contributed by atoms with Gasteiger partial charge in [-0.2, -0.15) is 0 Å². The van der Waals surface area contributed by atoms with E-state index in [2.05, 4.69) is 6.58 Å². The van der Waals surface area contributed by atoms with E-state index in [1.54, 1.807) is 30.3 Å². The first-order chi connectivity index (χ1) is 6.65. The largest absolute Gasteiger partial charge is 0.611 e. The molecule has 0 aromatic heterocycles. The summed E-state index contributed by atoms with van der Waals surface area (Å²) in [7, 11) is 0. The van der Waals surface area contributed by atoms with E-state index < -0.39 is 17.1 Å². The van der Waals surface area contributed by atoms with Crippen molar-refractivity contribution < 1.29 is 9.35 Å². The maximum absolute atomic E-state index is 11.4. The normalized spacial score (nSPS) is 12.1. The van der Waals surface area contributed by atoms with Gasteiger partial charge in [0.15, 0.2) is 4.90 Å². The highest BCUT2D eigenvalue weighted by Crippen LogP contribution is 2.12. The second-order valence-corrected chi connectivity index (χ2v) is 4.19. The number of hydrogen-bond donors (Lipinski definition) is 1. The molecular formula is C10H11NO2S. The van der Waals surface area contributed by atoms with Crippen LogP contribution in [0.1, 0.15) is 10.4 Å². The quantitative estimate of drug-likeness (QED) is 0.595. The van der Waals surface area contributed by atoms with Gasteiger partial charge in [-0.1, -0.05) is 6.58 Å². The van der Waals surface area contributed by atoms with Crippen molar-refractivity contribution in [2.75, 3.05) is 5.75 Å². The minimum Gasteiger partial charge on any atom is -0.611 e. The fourth-order valence-corrected chi connectivity index (χ4v) is 1.82. The zero-order valence-corrected chi connectivity index (χ0v) is 8.42. The number of primary amides is 1. The van der Waals surface area contributed by atoms with Crippen LogP contribution in [0.25, 0.3) is 0 Å². The molecule has 4 heteroatoms. The van der Waals surface area contributed by atoms with Crippen LogP contribution in [0.2, 0.25) is 0 Å². The Morgan fingerprint density at radius 1 is 1.50 bits per heavy atom. The topological polar surface area (TPSA) is 66.2 Å². The molecule has 0 saturated heterocycles. The molecule has 1 amide bonds. The van der Waals surface area contributed by atoms with E-state index in [4.69, 9.17) is 5.73 Å². The molecule has 1 atom stereocenters. The van der Waals surface area contributed by atoms with Crippen LogP contribution < -0.4 is 5.73 Å². The molecule has 0 aliphatic rings. The van der Waals surface area contributed by atoms with Crippen LogP contribution >= 0.6 is 0 Å². The van der Waals surface area contributed by atoms with Crippen molar-refractivity contribution in [2.45, 2.75) is 4.90 Å². The Hall–Kier alpha value is -1.26. The highest BCUT2D eigenvalue weighted by Gasteiger charge is 2.08. The van der Waals surface area contributed by atoms with Gasteiger partial charge in [-0.3, -0.25) is 4.79 Å². The van der Waals surface area contributed by atoms with Gasteiger partial charge in [-0.15, -0.1) is 0 Å². The summed E-state index contributed by atoms with van der Waals surface area (Å²) < 4.78 is 11.4. The number of nitrogens with two attached hydrogens (primary N) is 1. The maximum atomic E-state index is 11.4. The summed E-state index contributed by atoms with van der Waals surface area (Å²) in [5, 5.41) is 0. The standard InChI is InChI=1S/C10H11NO2S/c1-2-7-14(13)9-5-3-8(4-6-9)10(11)12/h2-6H,1,7H2,(H2,11,12). The van der Waals surface area contributed by atoms with Gasteiger partial charge in [-0.25, -0.2) is 0 Å². The molecule has 1 aromatic rings. The van der Waals surface area contributed by atoms with E-state index >= 15 is 0 Å². The third-order valence-electron chi connectivity index (χ3n) is 1.67. The Bertz CT molecular complexity index is 334. The molecule has 0 aliphatic carbocycles. The van der Waals surface area contributed by atoms with E-state index in [9.17, 15) is 9.35 Å². The Kier molecular flexibility index (Phi) is 3.73. The summed E-state index contributed by atoms with van der Waals surface area (Å²) in [5.41, 5.74) is 5.49. The average Bonchev–Trinajstić information content (AvgIpc) is 2.18. The predicted molar refractivity (Wildman–Crippen MR) is 56.4 cm³/mol. The number of benzene rings is 1. The van der Waals surface area contributed by atoms with Crippen LogP contribution in [0, 0.1) is 0 Å². The van der Waals surface area contributed by atoms with Gasteiger partial charge in [-0.05, 0) is 41.5 Å². The lowest BCUT2D eigenvalue weighted by molar-refractivity contribution is 0.1000. The summed E-state index contributed by atoms with van der Waals surface area (Å²) in [5.74, 6) is -0.0679. The molecule has 2 N–H and O–H groups in total. The molecule has 0 heterocycles. The molecule has 0 spiro atoms. The molecule has 1 aromatic carbocycles. The summed E-state index contributed by atoms with van der Waals surface area (Å²) in [6, 6.07) is 6.41. The third-order valence-corrected chi connectivity index (χ3v) is 3.01. The number of carbonyl (C=O) groups excluding carboxylic acids is 1. The van der Waals surface area contributed by atoms with Crippen molar-refractivity contribution in [3.63, 3.8) is 0 Å². The van der Waals surface area contributed by atoms with Crippen molar-refractivity contribution in [1.82, 2.24) is 0 Å². The number of amides is 1. The van der Waals surface area contributed by atoms with Crippen LogP contribution in [0.3, 0.4) is 0 Å². The van der Waals surface area contributed by atoms with E-state index in [0.29, 0.717) is 16.2 Å². The first-order valence-electron chi connectivity index (χ1n) is 4.04. The highest BCUT2D eigenvalue weighted by molar-refractivity contribution is 7.91. The number of rotatable bonds is 4. The monoisotopic (exact) mass is 209 g/mol. The minimum absolute atomic E-state index is 0.413. The summed E-state index contributed by atoms with van der Waals surface area (Å²) in [6.45, 7) is 3.50. The van der Waals surface area contributed by atoms with Gasteiger partial charge in [0.05, 0.1) is 0 Å². The minimum atomic E-state index is -1.08. The summed E-state index contributed by atoms with van der Waals surface area (Å²) >= 11 is -1.08. The van der Waals surface area contributed by atoms with Crippen molar-refractivity contribution >= 4 is 17.1 Å². The Labute approximate surface area is 85.8 Å². The number of hydrogen-bond acceptors (Lipinski definition) is 2. The average molecular weight is 209 g/mol. The van der Waals surface area contributed by atoms with Crippen LogP contribution in [0.5, 0.6) is 0 Å². The molecule has 0 bridgehead atoms. The Balaban J connectivity index is 2.82. The van der Waals surface area contributed by atoms with Crippen LogP contribution in [0.4, 0.5) is 0 Å². The molecule has 0 aliphatic heterocycles. The van der Waals surface area contributed by atoms with Crippen molar-refractivity contribution in [3.8, 4) is 0 Å². The lowest BCUT2D eigenvalue weighted by Gasteiger charge is -2.07. The maximum Gasteiger partial charge on any atom is 0.248 e. The second-order valence-electron chi connectivity index (χ2n) is 2.69. The zero-order chi connectivity index (χ0) is 10.6. The van der Waals surface area contributed by atoms with E-state index in [0.717, 1.165) is 0 Å². The van der Waals surface area contributed by atoms with Gasteiger partial charge in [0.2, 0.25) is 5.91 Å². The fraction of sp³-hybridized carbons (Fsp3) is 0.100. The molecule has 14 heavy (non-hydrogen) atoms. The van der Waals surface area contributed by atoms with E-state index in [1.165, 1.54) is 0 Å². The zero-order valence-electron chi connectivity index (χ0n) is 7.60. The van der Waals surface area contributed by atoms with Gasteiger partial charge < -0.3 is 10.3 Å². The molecule has 74 valence electrons. The van der Waals surface area contributed by atoms with E-state index in [-0.39, 0.29) is 0 Å². The summed E-state index contributed by atoms with van der Waals surface area (Å²) in [6.07, 6.45) is 1.60. The van der Waals surface area contributed by atoms with Crippen molar-refractivity contribution in [3.05, 3.63) is 42.5 Å². The number of carbonyl (C=O) groups is 1. The molecule has 1 rings (SSSR count). The van der Waals surface area contributed by atoms with E-state index in [1.807, 2.05) is 0 Å². The van der Waals surface area contributed by atoms with Gasteiger partial charge >= 0.3 is 0 Å². The second kappa shape index (κ2) is 4.83. The molecular weight excluding hydrogens is 198 g/mol. The van der Waals surface area contributed by atoms with Crippen molar-refractivity contribution in [1.29, 1.82) is 0 Å². The Morgan fingerprint density at radius 3 is 2.50 bits per heavy atom. The Morgan fingerprint density at radius 2 is 2.07 bits per heavy atom. The lowest BCUT2D eigenvalue weighted by atomic mass is 10.2. The van der Waals surface area contributed by atoms with Gasteiger partial charge in [0.25, 0.3) is 0 Å². The van der Waals surface area contributed by atoms with Gasteiger partial charge in [0, 0.05) is 5.56 Å². The first-order valence-corrected chi connectivity index (χ1v) is 5.36. The fourth-order valence-electron chi connectivity index (χ4n) is 0.974. The molecule has 0 fully saturated rings. The molecule has 3 nitrogen and oxygen atoms in total. The molecule has 0 saturated carbocycles. The predicted octanol–water partition coefficient (Wildman–Crippen LogP) is 1.08. The van der Waals surface area contributed by atoms with Crippen LogP contribution in [0.15, 0.2) is 41.8 Å². The molecule has 1 unspecified atom stereocenters. The first kappa shape index (κ1) is 10.8. The third kappa shape index (κ3) is 2.61. The highest BCUT2D eigenvalue weighted by atomic mass is 32.2. The smallest absolute Gasteiger partial charge is 0.248 e.